The Balaban J connectivity index is 1.45. The van der Waals surface area contributed by atoms with Crippen molar-refractivity contribution in [2.24, 2.45) is 0 Å². The van der Waals surface area contributed by atoms with Gasteiger partial charge in [0.1, 0.15) is 5.69 Å². The van der Waals surface area contributed by atoms with Gasteiger partial charge in [0.2, 0.25) is 0 Å². The van der Waals surface area contributed by atoms with E-state index < -0.39 is 0 Å². The second-order valence-electron chi connectivity index (χ2n) is 7.46. The fourth-order valence-corrected chi connectivity index (χ4v) is 3.85. The molecule has 0 unspecified atom stereocenters. The lowest BCUT2D eigenvalue weighted by Gasteiger charge is -2.32. The van der Waals surface area contributed by atoms with Gasteiger partial charge in [-0.15, -0.1) is 0 Å². The molecule has 0 bridgehead atoms. The van der Waals surface area contributed by atoms with Gasteiger partial charge in [0.05, 0.1) is 30.3 Å². The number of ether oxygens (including phenoxy) is 1. The van der Waals surface area contributed by atoms with E-state index in [9.17, 15) is 4.79 Å². The van der Waals surface area contributed by atoms with Crippen LogP contribution in [-0.4, -0.2) is 53.9 Å². The van der Waals surface area contributed by atoms with Crippen LogP contribution in [0.25, 0.3) is 16.9 Å². The van der Waals surface area contributed by atoms with Crippen LogP contribution < -0.4 is 9.80 Å². The summed E-state index contributed by atoms with van der Waals surface area (Å²) in [5.41, 5.74) is 4.74. The second kappa shape index (κ2) is 8.20. The number of amides is 1. The number of anilines is 2. The van der Waals surface area contributed by atoms with Gasteiger partial charge in [-0.05, 0) is 18.2 Å². The molecular weight excluding hydrogens is 390 g/mol. The lowest BCUT2D eigenvalue weighted by atomic mass is 10.2. The first-order valence-electron chi connectivity index (χ1n) is 10.3. The van der Waals surface area contributed by atoms with Crippen molar-refractivity contribution in [1.82, 2.24) is 14.6 Å². The van der Waals surface area contributed by atoms with E-state index in [4.69, 9.17) is 4.74 Å². The molecule has 0 radical (unpaired) electrons. The maximum Gasteiger partial charge on any atom is 0.276 e. The predicted molar refractivity (Wildman–Crippen MR) is 121 cm³/mol. The maximum absolute atomic E-state index is 13.3. The van der Waals surface area contributed by atoms with Gasteiger partial charge >= 0.3 is 0 Å². The molecule has 0 N–H and O–H groups in total. The van der Waals surface area contributed by atoms with E-state index in [1.54, 1.807) is 28.7 Å². The molecule has 0 aliphatic carbocycles. The average molecular weight is 413 g/mol. The van der Waals surface area contributed by atoms with Gasteiger partial charge in [0, 0.05) is 38.0 Å². The highest BCUT2D eigenvalue weighted by atomic mass is 16.5. The molecule has 31 heavy (non-hydrogen) atoms. The molecule has 2 aromatic carbocycles. The topological polar surface area (TPSA) is 63.0 Å². The Morgan fingerprint density at radius 3 is 2.55 bits per heavy atom. The van der Waals surface area contributed by atoms with Crippen LogP contribution in [-0.2, 0) is 4.74 Å². The molecule has 0 saturated carbocycles. The van der Waals surface area contributed by atoms with E-state index >= 15 is 0 Å². The number of carbonyl (C=O) groups is 1. The van der Waals surface area contributed by atoms with Crippen LogP contribution in [0.3, 0.4) is 0 Å². The number of aromatic nitrogens is 3. The van der Waals surface area contributed by atoms with Crippen LogP contribution in [0, 0.1) is 0 Å². The number of morpholine rings is 1. The van der Waals surface area contributed by atoms with Gasteiger partial charge in [-0.25, -0.2) is 9.50 Å². The van der Waals surface area contributed by atoms with Crippen molar-refractivity contribution in [2.45, 2.75) is 0 Å². The van der Waals surface area contributed by atoms with Crippen LogP contribution in [0.2, 0.25) is 0 Å². The Bertz CT molecular complexity index is 1220. The van der Waals surface area contributed by atoms with Gasteiger partial charge in [-0.2, -0.15) is 5.10 Å². The molecular formula is C24H23N5O2. The fourth-order valence-electron chi connectivity index (χ4n) is 3.85. The first kappa shape index (κ1) is 19.3. The van der Waals surface area contributed by atoms with E-state index in [0.717, 1.165) is 35.7 Å². The number of nitrogens with zero attached hydrogens (tertiary/aromatic N) is 5. The molecule has 2 aromatic heterocycles. The number of carbonyl (C=O) groups excluding carboxylic acids is 1. The van der Waals surface area contributed by atoms with E-state index in [0.29, 0.717) is 24.6 Å². The third-order valence-electron chi connectivity index (χ3n) is 5.51. The third kappa shape index (κ3) is 3.75. The highest BCUT2D eigenvalue weighted by Gasteiger charge is 2.22. The van der Waals surface area contributed by atoms with Crippen molar-refractivity contribution in [3.05, 3.63) is 78.6 Å². The summed E-state index contributed by atoms with van der Waals surface area (Å²) in [6.07, 6.45) is 1.78. The Kier molecular flexibility index (Phi) is 5.09. The molecule has 156 valence electrons. The maximum atomic E-state index is 13.3. The molecule has 0 spiro atoms. The third-order valence-corrected chi connectivity index (χ3v) is 5.51. The zero-order valence-corrected chi connectivity index (χ0v) is 17.3. The SMILES string of the molecule is CN(C(=O)c1ccn2nc(-c3ccccc3)cc2n1)c1ccccc1N1CCOCC1. The summed E-state index contributed by atoms with van der Waals surface area (Å²) < 4.78 is 7.17. The number of hydrogen-bond acceptors (Lipinski definition) is 5. The predicted octanol–water partition coefficient (Wildman–Crippen LogP) is 3.51. The van der Waals surface area contributed by atoms with E-state index in [1.165, 1.54) is 0 Å². The second-order valence-corrected chi connectivity index (χ2v) is 7.46. The Hall–Kier alpha value is -3.71. The number of rotatable bonds is 4. The first-order valence-corrected chi connectivity index (χ1v) is 10.3. The lowest BCUT2D eigenvalue weighted by Crippen LogP contribution is -2.38. The summed E-state index contributed by atoms with van der Waals surface area (Å²) in [5.74, 6) is -0.161. The largest absolute Gasteiger partial charge is 0.378 e. The Morgan fingerprint density at radius 2 is 1.74 bits per heavy atom. The molecule has 1 aliphatic rings. The van der Waals surface area contributed by atoms with Crippen molar-refractivity contribution < 1.29 is 9.53 Å². The molecule has 3 heterocycles. The van der Waals surface area contributed by atoms with Crippen molar-refractivity contribution in [3.8, 4) is 11.3 Å². The Labute approximate surface area is 180 Å². The zero-order valence-electron chi connectivity index (χ0n) is 17.3. The van der Waals surface area contributed by atoms with Crippen LogP contribution in [0.4, 0.5) is 11.4 Å². The lowest BCUT2D eigenvalue weighted by molar-refractivity contribution is 0.0988. The minimum absolute atomic E-state index is 0.161. The summed E-state index contributed by atoms with van der Waals surface area (Å²) in [7, 11) is 1.79. The van der Waals surface area contributed by atoms with Gasteiger partial charge < -0.3 is 14.5 Å². The minimum Gasteiger partial charge on any atom is -0.378 e. The van der Waals surface area contributed by atoms with Gasteiger partial charge in [0.25, 0.3) is 5.91 Å². The van der Waals surface area contributed by atoms with Crippen LogP contribution >= 0.6 is 0 Å². The molecule has 4 aromatic rings. The van der Waals surface area contributed by atoms with Crippen molar-refractivity contribution >= 4 is 22.9 Å². The highest BCUT2D eigenvalue weighted by Crippen LogP contribution is 2.30. The molecule has 1 saturated heterocycles. The first-order chi connectivity index (χ1) is 15.2. The molecule has 0 atom stereocenters. The normalized spacial score (nSPS) is 14.0. The molecule has 1 aliphatic heterocycles. The minimum atomic E-state index is -0.161. The van der Waals surface area contributed by atoms with Gasteiger partial charge in [-0.3, -0.25) is 4.79 Å². The summed E-state index contributed by atoms with van der Waals surface area (Å²) in [6.45, 7) is 2.99. The van der Waals surface area contributed by atoms with Crippen molar-refractivity contribution in [1.29, 1.82) is 0 Å². The fraction of sp³-hybridized carbons (Fsp3) is 0.208. The van der Waals surface area contributed by atoms with E-state index in [-0.39, 0.29) is 5.91 Å². The number of fused-ring (bicyclic) bond motifs is 1. The van der Waals surface area contributed by atoms with Gasteiger partial charge in [-0.1, -0.05) is 42.5 Å². The monoisotopic (exact) mass is 413 g/mol. The average Bonchev–Trinajstić information content (AvgIpc) is 3.28. The summed E-state index contributed by atoms with van der Waals surface area (Å²) in [4.78, 5) is 21.8. The molecule has 7 nitrogen and oxygen atoms in total. The smallest absolute Gasteiger partial charge is 0.276 e. The summed E-state index contributed by atoms with van der Waals surface area (Å²) in [5, 5.41) is 4.57. The van der Waals surface area contributed by atoms with E-state index in [1.807, 2.05) is 60.7 Å². The zero-order chi connectivity index (χ0) is 21.2. The molecule has 1 amide bonds. The quantitative estimate of drug-likeness (QED) is 0.512. The number of para-hydroxylation sites is 2. The number of benzene rings is 2. The van der Waals surface area contributed by atoms with Crippen LogP contribution in [0.15, 0.2) is 72.9 Å². The molecule has 5 rings (SSSR count). The summed E-state index contributed by atoms with van der Waals surface area (Å²) in [6, 6.07) is 21.5. The molecule has 1 fully saturated rings. The van der Waals surface area contributed by atoms with Crippen LogP contribution in [0.1, 0.15) is 10.5 Å². The molecule has 7 heteroatoms. The van der Waals surface area contributed by atoms with Crippen LogP contribution in [0.5, 0.6) is 0 Å². The standard InChI is InChI=1S/C24H23N5O2/c1-27(21-9-5-6-10-22(21)28-13-15-31-16-14-28)24(30)19-11-12-29-23(25-19)17-20(26-29)18-7-3-2-4-8-18/h2-12,17H,13-16H2,1H3. The van der Waals surface area contributed by atoms with E-state index in [2.05, 4.69) is 15.0 Å². The summed E-state index contributed by atoms with van der Waals surface area (Å²) >= 11 is 0. The highest BCUT2D eigenvalue weighted by molar-refractivity contribution is 6.06. The number of hydrogen-bond donors (Lipinski definition) is 0. The van der Waals surface area contributed by atoms with Crippen molar-refractivity contribution in [3.63, 3.8) is 0 Å². The Morgan fingerprint density at radius 1 is 1.00 bits per heavy atom. The van der Waals surface area contributed by atoms with Gasteiger partial charge in [0.15, 0.2) is 5.65 Å². The van der Waals surface area contributed by atoms with Crippen molar-refractivity contribution in [2.75, 3.05) is 43.2 Å².